The number of hydrogen-bond donors (Lipinski definition) is 1. The number of hydrazone groups is 1. The Hall–Kier alpha value is -2.32. The van der Waals surface area contributed by atoms with E-state index >= 15 is 0 Å². The first-order chi connectivity index (χ1) is 13.4. The number of methoxy groups -OCH3 is 1. The molecule has 1 aromatic carbocycles. The van der Waals surface area contributed by atoms with Crippen LogP contribution in [-0.2, 0) is 4.79 Å². The summed E-state index contributed by atoms with van der Waals surface area (Å²) in [5, 5.41) is 4.55. The molecule has 0 saturated heterocycles. The molecule has 0 unspecified atom stereocenters. The van der Waals surface area contributed by atoms with Gasteiger partial charge in [-0.05, 0) is 60.2 Å². The van der Waals surface area contributed by atoms with Gasteiger partial charge in [0.25, 0.3) is 5.91 Å². The Morgan fingerprint density at radius 3 is 2.71 bits per heavy atom. The second kappa shape index (κ2) is 10.9. The van der Waals surface area contributed by atoms with Gasteiger partial charge in [0.15, 0.2) is 16.7 Å². The van der Waals surface area contributed by atoms with Crippen LogP contribution >= 0.6 is 34.4 Å². The number of hydrogen-bond acceptors (Lipinski definition) is 7. The van der Waals surface area contributed by atoms with Crippen molar-refractivity contribution in [3.8, 4) is 23.8 Å². The predicted octanol–water partition coefficient (Wildman–Crippen LogP) is 2.96. The van der Waals surface area contributed by atoms with Crippen molar-refractivity contribution in [3.63, 3.8) is 0 Å². The smallest absolute Gasteiger partial charge is 0.250 e. The molecule has 0 atom stereocenters. The van der Waals surface area contributed by atoms with E-state index in [0.717, 1.165) is 20.5 Å². The van der Waals surface area contributed by atoms with Crippen molar-refractivity contribution in [2.75, 3.05) is 19.5 Å². The van der Waals surface area contributed by atoms with Crippen LogP contribution in [0.3, 0.4) is 0 Å². The average Bonchev–Trinajstić information content (AvgIpc) is 2.64. The lowest BCUT2D eigenvalue weighted by atomic mass is 10.2. The molecule has 1 aromatic heterocycles. The van der Waals surface area contributed by atoms with Crippen molar-refractivity contribution in [2.24, 2.45) is 5.10 Å². The molecule has 7 nitrogen and oxygen atoms in total. The normalized spacial score (nSPS) is 10.5. The molecule has 0 aliphatic heterocycles. The third kappa shape index (κ3) is 6.69. The van der Waals surface area contributed by atoms with Crippen molar-refractivity contribution in [1.29, 1.82) is 0 Å². The van der Waals surface area contributed by atoms with Gasteiger partial charge in [0.1, 0.15) is 6.61 Å². The van der Waals surface area contributed by atoms with Crippen LogP contribution in [0.1, 0.15) is 17.0 Å². The summed E-state index contributed by atoms with van der Waals surface area (Å²) in [6.07, 6.45) is 6.76. The summed E-state index contributed by atoms with van der Waals surface area (Å²) in [6.45, 7) is 3.93. The lowest BCUT2D eigenvalue weighted by molar-refractivity contribution is -0.118. The Balaban J connectivity index is 1.95. The minimum Gasteiger partial charge on any atom is -0.493 e. The lowest BCUT2D eigenvalue weighted by Gasteiger charge is -2.11. The van der Waals surface area contributed by atoms with E-state index in [2.05, 4.69) is 49.0 Å². The quantitative estimate of drug-likeness (QED) is 0.147. The fourth-order valence-corrected chi connectivity index (χ4v) is 3.69. The van der Waals surface area contributed by atoms with Crippen molar-refractivity contribution in [1.82, 2.24) is 15.4 Å². The van der Waals surface area contributed by atoms with Gasteiger partial charge in [-0.1, -0.05) is 17.7 Å². The molecule has 1 amide bonds. The van der Waals surface area contributed by atoms with E-state index in [1.807, 2.05) is 26.0 Å². The molecule has 0 radical (unpaired) electrons. The maximum absolute atomic E-state index is 12.0. The molecule has 146 valence electrons. The highest BCUT2D eigenvalue weighted by Gasteiger charge is 2.11. The van der Waals surface area contributed by atoms with Crippen LogP contribution in [0.25, 0.3) is 0 Å². The Labute approximate surface area is 181 Å². The van der Waals surface area contributed by atoms with Crippen LogP contribution in [0.2, 0.25) is 0 Å². The van der Waals surface area contributed by atoms with Gasteiger partial charge in [0, 0.05) is 11.4 Å². The Morgan fingerprint density at radius 2 is 2.07 bits per heavy atom. The molecular formula is C19H19IN4O3S. The molecule has 1 heterocycles. The van der Waals surface area contributed by atoms with Gasteiger partial charge in [0.2, 0.25) is 0 Å². The molecule has 2 aromatic rings. The zero-order valence-corrected chi connectivity index (χ0v) is 18.6. The number of nitrogens with one attached hydrogen (secondary N) is 1. The summed E-state index contributed by atoms with van der Waals surface area (Å²) in [5.74, 6) is 3.45. The minimum absolute atomic E-state index is 0.150. The molecule has 0 fully saturated rings. The van der Waals surface area contributed by atoms with E-state index in [4.69, 9.17) is 15.9 Å². The number of aromatic nitrogens is 2. The number of carbonyl (C=O) groups excluding carboxylic acids is 1. The summed E-state index contributed by atoms with van der Waals surface area (Å²) in [7, 11) is 1.54. The summed E-state index contributed by atoms with van der Waals surface area (Å²) in [5.41, 5.74) is 4.97. The number of rotatable bonds is 8. The van der Waals surface area contributed by atoms with E-state index < -0.39 is 0 Å². The second-order valence-electron chi connectivity index (χ2n) is 5.54. The summed E-state index contributed by atoms with van der Waals surface area (Å²) in [4.78, 5) is 20.5. The third-order valence-electron chi connectivity index (χ3n) is 3.25. The topological polar surface area (TPSA) is 85.7 Å². The minimum atomic E-state index is -0.250. The molecule has 0 aliphatic rings. The van der Waals surface area contributed by atoms with Crippen molar-refractivity contribution < 1.29 is 14.3 Å². The fourth-order valence-electron chi connectivity index (χ4n) is 2.17. The number of aryl methyl sites for hydroxylation is 2. The van der Waals surface area contributed by atoms with Gasteiger partial charge in [0.05, 0.1) is 22.6 Å². The first-order valence-corrected chi connectivity index (χ1v) is 10.2. The fraction of sp³-hybridized carbons (Fsp3) is 0.263. The van der Waals surface area contributed by atoms with E-state index in [9.17, 15) is 4.79 Å². The number of carbonyl (C=O) groups is 1. The number of thioether (sulfide) groups is 1. The highest BCUT2D eigenvalue weighted by Crippen LogP contribution is 2.33. The highest BCUT2D eigenvalue weighted by molar-refractivity contribution is 14.1. The molecule has 2 rings (SSSR count). The first kappa shape index (κ1) is 22.0. The third-order valence-corrected chi connectivity index (χ3v) is 4.90. The van der Waals surface area contributed by atoms with Gasteiger partial charge >= 0.3 is 0 Å². The molecule has 9 heteroatoms. The number of ether oxygens (including phenoxy) is 2. The molecule has 0 saturated carbocycles. The number of amides is 1. The van der Waals surface area contributed by atoms with Gasteiger partial charge in [-0.2, -0.15) is 5.10 Å². The largest absolute Gasteiger partial charge is 0.493 e. The lowest BCUT2D eigenvalue weighted by Crippen LogP contribution is -2.19. The molecule has 0 aliphatic carbocycles. The zero-order valence-electron chi connectivity index (χ0n) is 15.7. The Kier molecular flexibility index (Phi) is 8.53. The van der Waals surface area contributed by atoms with Crippen LogP contribution in [-0.4, -0.2) is 41.6 Å². The number of terminal acetylenes is 1. The van der Waals surface area contributed by atoms with Gasteiger partial charge < -0.3 is 9.47 Å². The maximum atomic E-state index is 12.0. The van der Waals surface area contributed by atoms with Crippen LogP contribution < -0.4 is 14.9 Å². The number of nitrogens with zero attached hydrogens (tertiary/aromatic N) is 3. The summed E-state index contributed by atoms with van der Waals surface area (Å²) in [6, 6.07) is 5.48. The standard InChI is InChI=1S/C19H19IN4O3S/c1-5-6-27-18-15(20)8-14(9-16(18)26-4)10-21-24-17(25)11-28-19-22-12(2)7-13(3)23-19/h1,7-10H,6,11H2,2-4H3,(H,24,25)/b21-10-. The SMILES string of the molecule is C#CCOc1c(I)cc(/C=N\NC(=O)CSc2nc(C)cc(C)n2)cc1OC. The van der Waals surface area contributed by atoms with Crippen molar-refractivity contribution >= 4 is 46.5 Å². The van der Waals surface area contributed by atoms with E-state index in [1.165, 1.54) is 18.0 Å². The van der Waals surface area contributed by atoms with Crippen LogP contribution in [0.15, 0.2) is 28.5 Å². The zero-order chi connectivity index (χ0) is 20.5. The number of halogens is 1. The molecule has 0 spiro atoms. The molecule has 1 N–H and O–H groups in total. The van der Waals surface area contributed by atoms with Gasteiger partial charge in [-0.3, -0.25) is 4.79 Å². The Morgan fingerprint density at radius 1 is 1.36 bits per heavy atom. The maximum Gasteiger partial charge on any atom is 0.250 e. The average molecular weight is 510 g/mol. The van der Waals surface area contributed by atoms with Crippen LogP contribution in [0, 0.1) is 29.8 Å². The van der Waals surface area contributed by atoms with E-state index in [1.54, 1.807) is 13.2 Å². The monoisotopic (exact) mass is 510 g/mol. The van der Waals surface area contributed by atoms with E-state index in [-0.39, 0.29) is 18.3 Å². The second-order valence-corrected chi connectivity index (χ2v) is 7.65. The number of benzene rings is 1. The molecular weight excluding hydrogens is 491 g/mol. The molecule has 0 bridgehead atoms. The van der Waals surface area contributed by atoms with E-state index in [0.29, 0.717) is 16.7 Å². The summed E-state index contributed by atoms with van der Waals surface area (Å²) < 4.78 is 11.7. The van der Waals surface area contributed by atoms with Gasteiger partial charge in [-0.15, -0.1) is 6.42 Å². The van der Waals surface area contributed by atoms with Crippen LogP contribution in [0.5, 0.6) is 11.5 Å². The molecule has 28 heavy (non-hydrogen) atoms. The Bertz CT molecular complexity index is 908. The summed E-state index contributed by atoms with van der Waals surface area (Å²) >= 11 is 3.38. The van der Waals surface area contributed by atoms with Crippen LogP contribution in [0.4, 0.5) is 0 Å². The van der Waals surface area contributed by atoms with Gasteiger partial charge in [-0.25, -0.2) is 15.4 Å². The van der Waals surface area contributed by atoms with Crippen molar-refractivity contribution in [2.45, 2.75) is 19.0 Å². The first-order valence-electron chi connectivity index (χ1n) is 8.13. The predicted molar refractivity (Wildman–Crippen MR) is 118 cm³/mol. The van der Waals surface area contributed by atoms with Crippen molar-refractivity contribution in [3.05, 3.63) is 38.7 Å². The highest BCUT2D eigenvalue weighted by atomic mass is 127.